The van der Waals surface area contributed by atoms with Crippen molar-refractivity contribution in [3.63, 3.8) is 0 Å². The van der Waals surface area contributed by atoms with Crippen LogP contribution < -0.4 is 10.6 Å². The number of nitrogens with one attached hydrogen (secondary N) is 2. The van der Waals surface area contributed by atoms with Crippen LogP contribution in [0.25, 0.3) is 0 Å². The Balaban J connectivity index is 2.45. The van der Waals surface area contributed by atoms with Crippen molar-refractivity contribution in [3.8, 4) is 0 Å². The average molecular weight is 291 g/mol. The fourth-order valence-corrected chi connectivity index (χ4v) is 1.27. The Morgan fingerprint density at radius 2 is 2.00 bits per heavy atom. The summed E-state index contributed by atoms with van der Waals surface area (Å²) in [6, 6.07) is 1.52. The highest BCUT2D eigenvalue weighted by Gasteiger charge is 2.32. The molecule has 1 aromatic rings. The van der Waals surface area contributed by atoms with Gasteiger partial charge in [-0.05, 0) is 17.7 Å². The molecule has 0 bridgehead atoms. The number of urea groups is 1. The van der Waals surface area contributed by atoms with Gasteiger partial charge in [-0.25, -0.2) is 4.79 Å². The number of carboxylic acid groups (broad SMARTS) is 1. The number of rotatable bonds is 5. The van der Waals surface area contributed by atoms with E-state index in [0.29, 0.717) is 0 Å². The first kappa shape index (κ1) is 15.7. The molecule has 0 atom stereocenters. The second-order valence-electron chi connectivity index (χ2n) is 3.80. The number of hydrogen-bond acceptors (Lipinski definition) is 3. The molecular weight excluding hydrogens is 279 g/mol. The summed E-state index contributed by atoms with van der Waals surface area (Å²) in [7, 11) is 0. The molecule has 3 N–H and O–H groups in total. The summed E-state index contributed by atoms with van der Waals surface area (Å²) >= 11 is 0. The number of aromatic nitrogens is 1. The topological polar surface area (TPSA) is 91.3 Å². The minimum Gasteiger partial charge on any atom is -0.481 e. The molecule has 0 saturated carbocycles. The van der Waals surface area contributed by atoms with Crippen molar-refractivity contribution in [2.45, 2.75) is 19.1 Å². The Morgan fingerprint density at radius 3 is 2.60 bits per heavy atom. The van der Waals surface area contributed by atoms with E-state index in [2.05, 4.69) is 15.6 Å². The molecule has 0 aliphatic carbocycles. The minimum absolute atomic E-state index is 0.0642. The maximum atomic E-state index is 12.4. The molecule has 1 aromatic heterocycles. The number of nitrogens with zero attached hydrogens (tertiary/aromatic N) is 1. The molecule has 0 aliphatic rings. The van der Waals surface area contributed by atoms with Crippen LogP contribution in [0.5, 0.6) is 0 Å². The van der Waals surface area contributed by atoms with Crippen molar-refractivity contribution in [3.05, 3.63) is 29.6 Å². The van der Waals surface area contributed by atoms with E-state index in [1.54, 1.807) is 0 Å². The number of carbonyl (C=O) groups is 2. The normalized spacial score (nSPS) is 10.9. The third-order valence-electron chi connectivity index (χ3n) is 2.19. The first-order chi connectivity index (χ1) is 9.29. The van der Waals surface area contributed by atoms with Crippen LogP contribution in [0.15, 0.2) is 18.3 Å². The number of carboxylic acids is 1. The van der Waals surface area contributed by atoms with Crippen molar-refractivity contribution in [2.24, 2.45) is 0 Å². The Kier molecular flexibility index (Phi) is 5.30. The van der Waals surface area contributed by atoms with Gasteiger partial charge in [0.15, 0.2) is 0 Å². The predicted molar refractivity (Wildman–Crippen MR) is 61.7 cm³/mol. The third kappa shape index (κ3) is 5.55. The molecule has 0 fully saturated rings. The van der Waals surface area contributed by atoms with E-state index in [4.69, 9.17) is 5.11 Å². The molecule has 0 radical (unpaired) electrons. The van der Waals surface area contributed by atoms with Gasteiger partial charge in [0, 0.05) is 19.3 Å². The standard InChI is InChI=1S/C11H12F3N3O3/c12-11(13,14)8-5-7(1-3-15-8)6-17-10(20)16-4-2-9(18)19/h1,3,5H,2,4,6H2,(H,18,19)(H2,16,17,20). The van der Waals surface area contributed by atoms with E-state index in [9.17, 15) is 22.8 Å². The molecule has 1 rings (SSSR count). The molecule has 0 aromatic carbocycles. The summed E-state index contributed by atoms with van der Waals surface area (Å²) in [5.41, 5.74) is -0.802. The predicted octanol–water partition coefficient (Wildman–Crippen LogP) is 1.37. The highest BCUT2D eigenvalue weighted by Crippen LogP contribution is 2.27. The molecule has 0 spiro atoms. The monoisotopic (exact) mass is 291 g/mol. The van der Waals surface area contributed by atoms with Gasteiger partial charge < -0.3 is 15.7 Å². The van der Waals surface area contributed by atoms with Crippen LogP contribution in [0.3, 0.4) is 0 Å². The highest BCUT2D eigenvalue weighted by atomic mass is 19.4. The Morgan fingerprint density at radius 1 is 1.30 bits per heavy atom. The fraction of sp³-hybridized carbons (Fsp3) is 0.364. The molecule has 1 heterocycles. The molecule has 20 heavy (non-hydrogen) atoms. The van der Waals surface area contributed by atoms with E-state index in [1.165, 1.54) is 6.07 Å². The van der Waals surface area contributed by atoms with E-state index >= 15 is 0 Å². The Hall–Kier alpha value is -2.32. The second-order valence-corrected chi connectivity index (χ2v) is 3.80. The zero-order chi connectivity index (χ0) is 15.2. The number of pyridine rings is 1. The van der Waals surface area contributed by atoms with Crippen molar-refractivity contribution in [1.29, 1.82) is 0 Å². The lowest BCUT2D eigenvalue weighted by Gasteiger charge is -2.09. The van der Waals surface area contributed by atoms with Crippen LogP contribution in [0.2, 0.25) is 0 Å². The number of alkyl halides is 3. The van der Waals surface area contributed by atoms with Gasteiger partial charge in [0.2, 0.25) is 0 Å². The summed E-state index contributed by atoms with van der Waals surface area (Å²) in [6.45, 7) is -0.185. The maximum absolute atomic E-state index is 12.4. The summed E-state index contributed by atoms with van der Waals surface area (Å²) in [6.07, 6.45) is -3.77. The largest absolute Gasteiger partial charge is 0.481 e. The third-order valence-corrected chi connectivity index (χ3v) is 2.19. The van der Waals surface area contributed by atoms with Gasteiger partial charge in [-0.15, -0.1) is 0 Å². The lowest BCUT2D eigenvalue weighted by atomic mass is 10.2. The first-order valence-corrected chi connectivity index (χ1v) is 5.54. The van der Waals surface area contributed by atoms with Gasteiger partial charge in [0.25, 0.3) is 0 Å². The summed E-state index contributed by atoms with van der Waals surface area (Å²) in [5, 5.41) is 12.9. The maximum Gasteiger partial charge on any atom is 0.433 e. The van der Waals surface area contributed by atoms with Crippen molar-refractivity contribution >= 4 is 12.0 Å². The quantitative estimate of drug-likeness (QED) is 0.764. The van der Waals surface area contributed by atoms with Crippen molar-refractivity contribution in [1.82, 2.24) is 15.6 Å². The van der Waals surface area contributed by atoms with Gasteiger partial charge in [0.05, 0.1) is 6.42 Å². The Labute approximate surface area is 112 Å². The fourth-order valence-electron chi connectivity index (χ4n) is 1.27. The van der Waals surface area contributed by atoms with Crippen molar-refractivity contribution < 1.29 is 27.9 Å². The summed E-state index contributed by atoms with van der Waals surface area (Å²) in [4.78, 5) is 24.6. The van der Waals surface area contributed by atoms with E-state index in [1.807, 2.05) is 0 Å². The molecular formula is C11H12F3N3O3. The molecule has 0 saturated heterocycles. The number of aliphatic carboxylic acids is 1. The molecule has 110 valence electrons. The SMILES string of the molecule is O=C(O)CCNC(=O)NCc1ccnc(C(F)(F)F)c1. The number of halogens is 3. The van der Waals surface area contributed by atoms with Crippen molar-refractivity contribution in [2.75, 3.05) is 6.54 Å². The molecule has 2 amide bonds. The van der Waals surface area contributed by atoms with Gasteiger partial charge >= 0.3 is 18.2 Å². The zero-order valence-corrected chi connectivity index (χ0v) is 10.2. The second kappa shape index (κ2) is 6.73. The summed E-state index contributed by atoms with van der Waals surface area (Å²) < 4.78 is 37.2. The molecule has 6 nitrogen and oxygen atoms in total. The number of hydrogen-bond donors (Lipinski definition) is 3. The summed E-state index contributed by atoms with van der Waals surface area (Å²) in [5.74, 6) is -1.06. The van der Waals surface area contributed by atoms with Crippen LogP contribution in [-0.2, 0) is 17.5 Å². The Bertz CT molecular complexity index is 491. The molecule has 0 aliphatic heterocycles. The highest BCUT2D eigenvalue weighted by molar-refractivity contribution is 5.74. The lowest BCUT2D eigenvalue weighted by molar-refractivity contribution is -0.141. The van der Waals surface area contributed by atoms with Crippen LogP contribution in [0, 0.1) is 0 Å². The van der Waals surface area contributed by atoms with E-state index in [-0.39, 0.29) is 25.1 Å². The van der Waals surface area contributed by atoms with E-state index < -0.39 is 23.9 Å². The van der Waals surface area contributed by atoms with Crippen LogP contribution in [0.1, 0.15) is 17.7 Å². The van der Waals surface area contributed by atoms with Crippen LogP contribution >= 0.6 is 0 Å². The van der Waals surface area contributed by atoms with Gasteiger partial charge in [-0.1, -0.05) is 0 Å². The minimum atomic E-state index is -4.54. The van der Waals surface area contributed by atoms with Crippen LogP contribution in [-0.4, -0.2) is 28.6 Å². The van der Waals surface area contributed by atoms with E-state index in [0.717, 1.165) is 12.3 Å². The molecule has 9 heteroatoms. The van der Waals surface area contributed by atoms with Crippen LogP contribution in [0.4, 0.5) is 18.0 Å². The number of carbonyl (C=O) groups excluding carboxylic acids is 1. The van der Waals surface area contributed by atoms with Gasteiger partial charge in [0.1, 0.15) is 5.69 Å². The first-order valence-electron chi connectivity index (χ1n) is 5.54. The van der Waals surface area contributed by atoms with Gasteiger partial charge in [-0.2, -0.15) is 13.2 Å². The lowest BCUT2D eigenvalue weighted by Crippen LogP contribution is -2.36. The molecule has 0 unspecified atom stereocenters. The number of amides is 2. The smallest absolute Gasteiger partial charge is 0.433 e. The average Bonchev–Trinajstić information content (AvgIpc) is 2.35. The zero-order valence-electron chi connectivity index (χ0n) is 10.2. The van der Waals surface area contributed by atoms with Gasteiger partial charge in [-0.3, -0.25) is 9.78 Å².